The molecule has 0 N–H and O–H groups in total. The number of aliphatic imine (C=N–C) groups is 2. The fourth-order valence-corrected chi connectivity index (χ4v) is 9.09. The molecule has 3 aromatic heterocycles. The Hall–Kier alpha value is -6.56. The topological polar surface area (TPSA) is 50.5 Å². The summed E-state index contributed by atoms with van der Waals surface area (Å²) in [5.41, 5.74) is 12.0. The van der Waals surface area contributed by atoms with Gasteiger partial charge in [-0.1, -0.05) is 134 Å². The molecule has 0 spiro atoms. The molecular weight excluding hydrogens is 689 g/mol. The van der Waals surface area contributed by atoms with Crippen molar-refractivity contribution in [3.05, 3.63) is 193 Å². The molecule has 0 bridgehead atoms. The third-order valence-electron chi connectivity index (χ3n) is 10.8. The molecule has 0 fully saturated rings. The Morgan fingerprint density at radius 1 is 0.527 bits per heavy atom. The van der Waals surface area contributed by atoms with Crippen molar-refractivity contribution in [3.8, 4) is 33.6 Å². The number of amidine groups is 1. The van der Waals surface area contributed by atoms with Crippen LogP contribution in [0.15, 0.2) is 186 Å². The second-order valence-corrected chi connectivity index (χ2v) is 15.2. The van der Waals surface area contributed by atoms with E-state index in [2.05, 4.69) is 158 Å². The maximum atomic E-state index is 5.29. The van der Waals surface area contributed by atoms with Gasteiger partial charge >= 0.3 is 0 Å². The molecule has 1 aliphatic rings. The summed E-state index contributed by atoms with van der Waals surface area (Å²) in [5.74, 6) is 0.969. The van der Waals surface area contributed by atoms with E-state index in [1.807, 2.05) is 41.8 Å². The fraction of sp³-hybridized carbons (Fsp3) is 0.0800. The highest BCUT2D eigenvalue weighted by atomic mass is 32.1. The Kier molecular flexibility index (Phi) is 8.42. The van der Waals surface area contributed by atoms with Crippen molar-refractivity contribution in [3.63, 3.8) is 0 Å². The van der Waals surface area contributed by atoms with Crippen LogP contribution in [-0.4, -0.2) is 21.5 Å². The van der Waals surface area contributed by atoms with Crippen LogP contribution in [0.1, 0.15) is 36.1 Å². The normalized spacial score (nSPS) is 15.7. The second kappa shape index (κ2) is 14.0. The summed E-state index contributed by atoms with van der Waals surface area (Å²) in [6.07, 6.45) is 2.77. The molecular formula is C50H36N4S. The van der Waals surface area contributed by atoms with E-state index in [9.17, 15) is 0 Å². The maximum absolute atomic E-state index is 5.29. The molecule has 0 saturated heterocycles. The average Bonchev–Trinajstić information content (AvgIpc) is 3.64. The highest BCUT2D eigenvalue weighted by molar-refractivity contribution is 7.25. The van der Waals surface area contributed by atoms with Crippen LogP contribution in [0.5, 0.6) is 0 Å². The molecule has 262 valence electrons. The second-order valence-electron chi connectivity index (χ2n) is 14.1. The fourth-order valence-electron chi connectivity index (χ4n) is 7.90. The smallest absolute Gasteiger partial charge is 0.155 e. The highest BCUT2D eigenvalue weighted by Crippen LogP contribution is 2.40. The van der Waals surface area contributed by atoms with Gasteiger partial charge in [0.15, 0.2) is 5.84 Å². The number of benzene rings is 6. The minimum Gasteiger partial charge on any atom is -0.257 e. The maximum Gasteiger partial charge on any atom is 0.155 e. The van der Waals surface area contributed by atoms with Crippen molar-refractivity contribution >= 4 is 54.0 Å². The minimum atomic E-state index is 0.00237. The number of thiophene rings is 1. The molecule has 4 nitrogen and oxygen atoms in total. The zero-order valence-electron chi connectivity index (χ0n) is 30.3. The van der Waals surface area contributed by atoms with E-state index in [0.29, 0.717) is 0 Å². The minimum absolute atomic E-state index is 0.00237. The van der Waals surface area contributed by atoms with Gasteiger partial charge in [-0.25, -0.2) is 9.98 Å². The molecule has 0 amide bonds. The van der Waals surface area contributed by atoms with Crippen molar-refractivity contribution in [1.29, 1.82) is 0 Å². The molecule has 1 aliphatic heterocycles. The van der Waals surface area contributed by atoms with E-state index in [-0.39, 0.29) is 12.0 Å². The van der Waals surface area contributed by atoms with Crippen LogP contribution < -0.4 is 0 Å². The zero-order valence-corrected chi connectivity index (χ0v) is 31.1. The molecule has 6 aromatic carbocycles. The predicted molar refractivity (Wildman–Crippen MR) is 231 cm³/mol. The van der Waals surface area contributed by atoms with Gasteiger partial charge in [0, 0.05) is 54.4 Å². The van der Waals surface area contributed by atoms with E-state index >= 15 is 0 Å². The van der Waals surface area contributed by atoms with E-state index < -0.39 is 0 Å². The van der Waals surface area contributed by atoms with Gasteiger partial charge in [0.1, 0.15) is 0 Å². The highest BCUT2D eigenvalue weighted by Gasteiger charge is 2.32. The predicted octanol–water partition coefficient (Wildman–Crippen LogP) is 13.0. The molecule has 5 heteroatoms. The zero-order chi connectivity index (χ0) is 36.7. The monoisotopic (exact) mass is 724 g/mol. The largest absolute Gasteiger partial charge is 0.257 e. The first-order valence-electron chi connectivity index (χ1n) is 18.8. The van der Waals surface area contributed by atoms with Crippen LogP contribution >= 0.6 is 11.3 Å². The van der Waals surface area contributed by atoms with E-state index in [4.69, 9.17) is 15.0 Å². The van der Waals surface area contributed by atoms with Gasteiger partial charge in [0.25, 0.3) is 0 Å². The molecule has 0 aliphatic carbocycles. The van der Waals surface area contributed by atoms with Crippen molar-refractivity contribution in [1.82, 2.24) is 9.97 Å². The molecule has 0 saturated carbocycles. The number of fused-ring (bicyclic) bond motifs is 4. The van der Waals surface area contributed by atoms with Gasteiger partial charge in [0.05, 0.1) is 28.7 Å². The van der Waals surface area contributed by atoms with E-state index in [1.165, 1.54) is 42.4 Å². The molecule has 55 heavy (non-hydrogen) atoms. The Balaban J connectivity index is 0.967. The number of hydrogen-bond acceptors (Lipinski definition) is 5. The summed E-state index contributed by atoms with van der Waals surface area (Å²) in [6, 6.07) is 60.2. The van der Waals surface area contributed by atoms with Gasteiger partial charge in [-0.05, 0) is 71.1 Å². The van der Waals surface area contributed by atoms with Crippen molar-refractivity contribution in [2.45, 2.75) is 19.4 Å². The first kappa shape index (κ1) is 33.0. The molecule has 0 radical (unpaired) electrons. The van der Waals surface area contributed by atoms with Crippen LogP contribution in [0.2, 0.25) is 0 Å². The molecule has 10 rings (SSSR count). The van der Waals surface area contributed by atoms with E-state index in [1.54, 1.807) is 0 Å². The standard InChI is InChI=1S/C50H36N4S/c1-2-40-48(34-11-5-3-6-12-34)53-50(35-13-7-4-8-14-35)54-49(40)39-21-25-42-41-24-20-37(30-46(41)55-47(42)31-39)36-22-26-45-38(29-36)23-27-44(52-45)33-18-16-32(17-19-33)43-15-9-10-28-51-43/h3-31,40,48H,2H2,1H3. The lowest BCUT2D eigenvalue weighted by Gasteiger charge is -2.30. The first-order valence-corrected chi connectivity index (χ1v) is 19.7. The molecule has 2 unspecified atom stereocenters. The van der Waals surface area contributed by atoms with Gasteiger partial charge < -0.3 is 0 Å². The lowest BCUT2D eigenvalue weighted by molar-refractivity contribution is 0.532. The molecule has 4 heterocycles. The number of rotatable bonds is 7. The van der Waals surface area contributed by atoms with Gasteiger partial charge in [0.2, 0.25) is 0 Å². The van der Waals surface area contributed by atoms with Crippen LogP contribution in [0.4, 0.5) is 0 Å². The van der Waals surface area contributed by atoms with Crippen molar-refractivity contribution in [2.24, 2.45) is 15.9 Å². The van der Waals surface area contributed by atoms with Crippen LogP contribution in [-0.2, 0) is 0 Å². The van der Waals surface area contributed by atoms with Crippen LogP contribution in [0.3, 0.4) is 0 Å². The Labute approximate surface area is 324 Å². The summed E-state index contributed by atoms with van der Waals surface area (Å²) in [4.78, 5) is 20.1. The summed E-state index contributed by atoms with van der Waals surface area (Å²) in [7, 11) is 0. The van der Waals surface area contributed by atoms with Crippen molar-refractivity contribution in [2.75, 3.05) is 0 Å². The first-order chi connectivity index (χ1) is 27.2. The summed E-state index contributed by atoms with van der Waals surface area (Å²) in [6.45, 7) is 2.25. The Morgan fingerprint density at radius 3 is 1.89 bits per heavy atom. The van der Waals surface area contributed by atoms with E-state index in [0.717, 1.165) is 56.9 Å². The lowest BCUT2D eigenvalue weighted by Crippen LogP contribution is -2.28. The summed E-state index contributed by atoms with van der Waals surface area (Å²) in [5, 5.41) is 3.68. The molecule has 9 aromatic rings. The third-order valence-corrected chi connectivity index (χ3v) is 11.9. The lowest BCUT2D eigenvalue weighted by atomic mass is 9.83. The Bertz CT molecular complexity index is 2900. The number of pyridine rings is 2. The van der Waals surface area contributed by atoms with Crippen molar-refractivity contribution < 1.29 is 0 Å². The summed E-state index contributed by atoms with van der Waals surface area (Å²) >= 11 is 1.85. The third kappa shape index (κ3) is 6.23. The quantitative estimate of drug-likeness (QED) is 0.164. The number of hydrogen-bond donors (Lipinski definition) is 0. The Morgan fingerprint density at radius 2 is 1.16 bits per heavy atom. The van der Waals surface area contributed by atoms with Crippen LogP contribution in [0.25, 0.3) is 64.7 Å². The van der Waals surface area contributed by atoms with Gasteiger partial charge in [-0.2, -0.15) is 0 Å². The van der Waals surface area contributed by atoms with Gasteiger partial charge in [-0.15, -0.1) is 11.3 Å². The average molecular weight is 725 g/mol. The number of nitrogens with zero attached hydrogens (tertiary/aromatic N) is 4. The van der Waals surface area contributed by atoms with Gasteiger partial charge in [-0.3, -0.25) is 9.98 Å². The SMILES string of the molecule is CCC1C(c2ccc3c(c2)sc2cc(-c4ccc5nc(-c6ccc(-c7ccccn7)cc6)ccc5c4)ccc23)=NC(c2ccccc2)=NC1c1ccccc1. The number of aromatic nitrogens is 2. The van der Waals surface area contributed by atoms with Crippen LogP contribution in [0, 0.1) is 5.92 Å². The molecule has 2 atom stereocenters. The summed E-state index contributed by atoms with van der Waals surface area (Å²) < 4.78 is 2.55.